The molecule has 1 aromatic carbocycles. The summed E-state index contributed by atoms with van der Waals surface area (Å²) in [5.74, 6) is 1.64. The van der Waals surface area contributed by atoms with E-state index < -0.39 is 0 Å². The highest BCUT2D eigenvalue weighted by molar-refractivity contribution is 5.44. The Morgan fingerprint density at radius 1 is 1.05 bits per heavy atom. The van der Waals surface area contributed by atoms with Crippen LogP contribution in [0.2, 0.25) is 0 Å². The van der Waals surface area contributed by atoms with Crippen LogP contribution in [-0.2, 0) is 5.41 Å². The standard InChI is InChI=1S/C17H29NO2/c1-7-18(8-2)11-12-20-15-10-9-14(17(3,4)5)13-16(15)19-6/h9-10,13H,7-8,11-12H2,1-6H3. The minimum Gasteiger partial charge on any atom is -0.493 e. The second-order valence-corrected chi connectivity index (χ2v) is 5.99. The Bertz CT molecular complexity index is 406. The molecule has 0 amide bonds. The highest BCUT2D eigenvalue weighted by Gasteiger charge is 2.16. The van der Waals surface area contributed by atoms with Crippen LogP contribution in [0.1, 0.15) is 40.2 Å². The SMILES string of the molecule is CCN(CC)CCOc1ccc(C(C)(C)C)cc1OC. The molecule has 0 aliphatic heterocycles. The summed E-state index contributed by atoms with van der Waals surface area (Å²) in [7, 11) is 1.69. The maximum atomic E-state index is 5.86. The fourth-order valence-corrected chi connectivity index (χ4v) is 2.08. The zero-order valence-electron chi connectivity index (χ0n) is 13.8. The average molecular weight is 279 g/mol. The Balaban J connectivity index is 2.71. The zero-order chi connectivity index (χ0) is 15.2. The highest BCUT2D eigenvalue weighted by Crippen LogP contribution is 2.33. The number of nitrogens with zero attached hydrogens (tertiary/aromatic N) is 1. The number of benzene rings is 1. The van der Waals surface area contributed by atoms with E-state index in [0.29, 0.717) is 6.61 Å². The Kier molecular flexibility index (Phi) is 6.34. The van der Waals surface area contributed by atoms with Crippen molar-refractivity contribution in [3.63, 3.8) is 0 Å². The summed E-state index contributed by atoms with van der Waals surface area (Å²) in [6, 6.07) is 6.21. The van der Waals surface area contributed by atoms with Crippen molar-refractivity contribution in [1.82, 2.24) is 4.90 Å². The van der Waals surface area contributed by atoms with Crippen LogP contribution in [0.4, 0.5) is 0 Å². The van der Waals surface area contributed by atoms with Crippen LogP contribution in [0.5, 0.6) is 11.5 Å². The maximum Gasteiger partial charge on any atom is 0.161 e. The Hall–Kier alpha value is -1.22. The lowest BCUT2D eigenvalue weighted by atomic mass is 9.87. The van der Waals surface area contributed by atoms with Crippen LogP contribution in [0.25, 0.3) is 0 Å². The molecule has 0 heterocycles. The molecule has 0 aromatic heterocycles. The molecule has 1 aromatic rings. The van der Waals surface area contributed by atoms with E-state index in [1.165, 1.54) is 5.56 Å². The minimum absolute atomic E-state index is 0.118. The van der Waals surface area contributed by atoms with Gasteiger partial charge < -0.3 is 14.4 Å². The molecule has 0 radical (unpaired) electrons. The van der Waals surface area contributed by atoms with Crippen LogP contribution in [0, 0.1) is 0 Å². The van der Waals surface area contributed by atoms with Gasteiger partial charge in [0.25, 0.3) is 0 Å². The monoisotopic (exact) mass is 279 g/mol. The van der Waals surface area contributed by atoms with Gasteiger partial charge in [0, 0.05) is 6.54 Å². The van der Waals surface area contributed by atoms with Crippen molar-refractivity contribution in [2.45, 2.75) is 40.0 Å². The molecular weight excluding hydrogens is 250 g/mol. The third kappa shape index (κ3) is 4.71. The Morgan fingerprint density at radius 3 is 2.20 bits per heavy atom. The van der Waals surface area contributed by atoms with Gasteiger partial charge >= 0.3 is 0 Å². The van der Waals surface area contributed by atoms with Crippen molar-refractivity contribution in [2.75, 3.05) is 33.4 Å². The molecule has 0 unspecified atom stereocenters. The maximum absolute atomic E-state index is 5.86. The van der Waals surface area contributed by atoms with Crippen LogP contribution < -0.4 is 9.47 Å². The van der Waals surface area contributed by atoms with Gasteiger partial charge in [-0.05, 0) is 36.2 Å². The Morgan fingerprint density at radius 2 is 1.70 bits per heavy atom. The molecule has 0 bridgehead atoms. The molecule has 0 N–H and O–H groups in total. The smallest absolute Gasteiger partial charge is 0.161 e. The summed E-state index contributed by atoms with van der Waals surface area (Å²) >= 11 is 0. The third-order valence-corrected chi connectivity index (χ3v) is 3.59. The van der Waals surface area contributed by atoms with Gasteiger partial charge in [-0.1, -0.05) is 40.7 Å². The predicted octanol–water partition coefficient (Wildman–Crippen LogP) is 3.71. The molecule has 20 heavy (non-hydrogen) atoms. The van der Waals surface area contributed by atoms with E-state index >= 15 is 0 Å². The largest absolute Gasteiger partial charge is 0.493 e. The van der Waals surface area contributed by atoms with Gasteiger partial charge in [0.2, 0.25) is 0 Å². The van der Waals surface area contributed by atoms with E-state index in [2.05, 4.69) is 51.7 Å². The summed E-state index contributed by atoms with van der Waals surface area (Å²) in [4.78, 5) is 2.34. The zero-order valence-corrected chi connectivity index (χ0v) is 13.8. The fourth-order valence-electron chi connectivity index (χ4n) is 2.08. The first-order valence-electron chi connectivity index (χ1n) is 7.46. The molecule has 0 saturated carbocycles. The summed E-state index contributed by atoms with van der Waals surface area (Å²) < 4.78 is 11.3. The first kappa shape index (κ1) is 16.8. The van der Waals surface area contributed by atoms with E-state index in [1.54, 1.807) is 7.11 Å². The van der Waals surface area contributed by atoms with E-state index in [-0.39, 0.29) is 5.41 Å². The Labute approximate surface area is 123 Å². The van der Waals surface area contributed by atoms with Gasteiger partial charge in [-0.25, -0.2) is 0 Å². The van der Waals surface area contributed by atoms with Crippen LogP contribution in [0.15, 0.2) is 18.2 Å². The second kappa shape index (κ2) is 7.53. The molecule has 0 aliphatic carbocycles. The van der Waals surface area contributed by atoms with Crippen LogP contribution >= 0.6 is 0 Å². The molecular formula is C17H29NO2. The molecule has 0 spiro atoms. The first-order chi connectivity index (χ1) is 9.42. The van der Waals surface area contributed by atoms with Gasteiger partial charge in [0.15, 0.2) is 11.5 Å². The van der Waals surface area contributed by atoms with Gasteiger partial charge in [-0.15, -0.1) is 0 Å². The molecule has 0 saturated heterocycles. The molecule has 0 aliphatic rings. The number of methoxy groups -OCH3 is 1. The molecule has 1 rings (SSSR count). The average Bonchev–Trinajstić information content (AvgIpc) is 2.42. The van der Waals surface area contributed by atoms with Gasteiger partial charge in [-0.2, -0.15) is 0 Å². The van der Waals surface area contributed by atoms with Crippen LogP contribution in [-0.4, -0.2) is 38.3 Å². The van der Waals surface area contributed by atoms with Crippen LogP contribution in [0.3, 0.4) is 0 Å². The van der Waals surface area contributed by atoms with Gasteiger partial charge in [0.1, 0.15) is 6.61 Å². The lowest BCUT2D eigenvalue weighted by molar-refractivity contribution is 0.217. The molecule has 0 fully saturated rings. The number of likely N-dealkylation sites (N-methyl/N-ethyl adjacent to an activating group) is 1. The number of rotatable bonds is 7. The lowest BCUT2D eigenvalue weighted by Gasteiger charge is -2.22. The topological polar surface area (TPSA) is 21.7 Å². The minimum atomic E-state index is 0.118. The summed E-state index contributed by atoms with van der Waals surface area (Å²) in [6.07, 6.45) is 0. The van der Waals surface area contributed by atoms with Gasteiger partial charge in [0.05, 0.1) is 7.11 Å². The number of hydrogen-bond donors (Lipinski definition) is 0. The molecule has 3 heteroatoms. The van der Waals surface area contributed by atoms with Crippen molar-refractivity contribution in [3.05, 3.63) is 23.8 Å². The summed E-state index contributed by atoms with van der Waals surface area (Å²) in [6.45, 7) is 14.7. The van der Waals surface area contributed by atoms with E-state index in [1.807, 2.05) is 6.07 Å². The van der Waals surface area contributed by atoms with E-state index in [4.69, 9.17) is 9.47 Å². The number of ether oxygens (including phenoxy) is 2. The highest BCUT2D eigenvalue weighted by atomic mass is 16.5. The van der Waals surface area contributed by atoms with Crippen molar-refractivity contribution >= 4 is 0 Å². The predicted molar refractivity (Wildman–Crippen MR) is 85.0 cm³/mol. The third-order valence-electron chi connectivity index (χ3n) is 3.59. The van der Waals surface area contributed by atoms with E-state index in [0.717, 1.165) is 31.1 Å². The quantitative estimate of drug-likeness (QED) is 0.759. The van der Waals surface area contributed by atoms with Crippen molar-refractivity contribution in [2.24, 2.45) is 0 Å². The summed E-state index contributed by atoms with van der Waals surface area (Å²) in [5, 5.41) is 0. The fraction of sp³-hybridized carbons (Fsp3) is 0.647. The van der Waals surface area contributed by atoms with Gasteiger partial charge in [-0.3, -0.25) is 0 Å². The normalized spacial score (nSPS) is 11.8. The molecule has 114 valence electrons. The molecule has 0 atom stereocenters. The lowest BCUT2D eigenvalue weighted by Crippen LogP contribution is -2.28. The molecule has 3 nitrogen and oxygen atoms in total. The first-order valence-corrected chi connectivity index (χ1v) is 7.46. The van der Waals surface area contributed by atoms with E-state index in [9.17, 15) is 0 Å². The second-order valence-electron chi connectivity index (χ2n) is 5.99. The van der Waals surface area contributed by atoms with Crippen molar-refractivity contribution in [1.29, 1.82) is 0 Å². The van der Waals surface area contributed by atoms with Crippen molar-refractivity contribution < 1.29 is 9.47 Å². The number of hydrogen-bond acceptors (Lipinski definition) is 3. The van der Waals surface area contributed by atoms with Crippen molar-refractivity contribution in [3.8, 4) is 11.5 Å². The summed E-state index contributed by atoms with van der Waals surface area (Å²) in [5.41, 5.74) is 1.37.